The molecule has 3 N–H and O–H groups in total. The van der Waals surface area contributed by atoms with E-state index in [4.69, 9.17) is 4.74 Å². The monoisotopic (exact) mass is 450 g/mol. The first-order chi connectivity index (χ1) is 14.7. The largest absolute Gasteiger partial charge is 0.373 e. The second-order valence-corrected chi connectivity index (χ2v) is 10.1. The Labute approximate surface area is 182 Å². The van der Waals surface area contributed by atoms with Crippen molar-refractivity contribution in [3.63, 3.8) is 0 Å². The van der Waals surface area contributed by atoms with Gasteiger partial charge in [0.05, 0.1) is 18.0 Å². The highest BCUT2D eigenvalue weighted by Crippen LogP contribution is 2.19. The summed E-state index contributed by atoms with van der Waals surface area (Å²) in [6.07, 6.45) is 1.76. The molecule has 2 amide bonds. The molecule has 3 rings (SSSR count). The van der Waals surface area contributed by atoms with Gasteiger partial charge in [-0.1, -0.05) is 18.2 Å². The maximum Gasteiger partial charge on any atom is 0.242 e. The second kappa shape index (κ2) is 9.80. The minimum absolute atomic E-state index is 0.0365. The number of ether oxygens (including phenoxy) is 1. The molecule has 0 spiro atoms. The number of carbonyl (C=O) groups is 2. The van der Waals surface area contributed by atoms with E-state index in [0.29, 0.717) is 19.5 Å². The van der Waals surface area contributed by atoms with Gasteiger partial charge >= 0.3 is 0 Å². The van der Waals surface area contributed by atoms with E-state index in [1.54, 1.807) is 0 Å². The summed E-state index contributed by atoms with van der Waals surface area (Å²) < 4.78 is 32.3. The lowest BCUT2D eigenvalue weighted by Gasteiger charge is -2.34. The number of sulfonamides is 1. The van der Waals surface area contributed by atoms with Crippen molar-refractivity contribution in [1.82, 2.24) is 19.9 Å². The zero-order chi connectivity index (χ0) is 22.6. The molecule has 1 saturated heterocycles. The van der Waals surface area contributed by atoms with Gasteiger partial charge < -0.3 is 20.4 Å². The van der Waals surface area contributed by atoms with Crippen molar-refractivity contribution >= 4 is 32.7 Å². The Morgan fingerprint density at radius 2 is 1.90 bits per heavy atom. The topological polar surface area (TPSA) is 121 Å². The number of morpholine rings is 1. The Bertz CT molecular complexity index is 1030. The van der Waals surface area contributed by atoms with E-state index in [1.807, 2.05) is 44.3 Å². The Hall–Kier alpha value is -2.43. The molecular formula is C21H30N4O5S. The molecule has 0 radical (unpaired) electrons. The summed E-state index contributed by atoms with van der Waals surface area (Å²) in [7, 11) is -3.53. The normalized spacial score (nSPS) is 21.0. The summed E-state index contributed by atoms with van der Waals surface area (Å²) in [4.78, 5) is 27.5. The van der Waals surface area contributed by atoms with E-state index in [0.717, 1.165) is 16.5 Å². The van der Waals surface area contributed by atoms with Gasteiger partial charge in [-0.05, 0) is 25.5 Å². The third-order valence-corrected chi connectivity index (χ3v) is 7.04. The van der Waals surface area contributed by atoms with Gasteiger partial charge in [0.25, 0.3) is 0 Å². The summed E-state index contributed by atoms with van der Waals surface area (Å²) in [6, 6.07) is 6.90. The number of nitrogens with zero attached hydrogens (tertiary/aromatic N) is 1. The number of benzene rings is 1. The van der Waals surface area contributed by atoms with Crippen LogP contribution in [0.15, 0.2) is 30.5 Å². The third kappa shape index (κ3) is 6.05. The number of aromatic amines is 1. The zero-order valence-corrected chi connectivity index (χ0v) is 18.9. The lowest BCUT2D eigenvalue weighted by Crippen LogP contribution is -2.51. The lowest BCUT2D eigenvalue weighted by molar-refractivity contribution is -0.128. The molecule has 0 aliphatic carbocycles. The fourth-order valence-electron chi connectivity index (χ4n) is 3.89. The number of para-hydroxylation sites is 1. The van der Waals surface area contributed by atoms with E-state index in [2.05, 4.69) is 15.6 Å². The maximum atomic E-state index is 12.7. The molecule has 2 heterocycles. The first-order valence-electron chi connectivity index (χ1n) is 10.4. The quantitative estimate of drug-likeness (QED) is 0.549. The van der Waals surface area contributed by atoms with Crippen molar-refractivity contribution in [2.24, 2.45) is 0 Å². The second-order valence-electron chi connectivity index (χ2n) is 8.00. The molecule has 3 unspecified atom stereocenters. The first-order valence-corrected chi connectivity index (χ1v) is 12.0. The molecule has 1 aromatic carbocycles. The highest BCUT2D eigenvalue weighted by molar-refractivity contribution is 7.89. The number of hydrogen-bond donors (Lipinski definition) is 3. The number of nitrogens with one attached hydrogen (secondary N) is 3. The molecule has 170 valence electrons. The molecule has 2 aromatic rings. The van der Waals surface area contributed by atoms with Crippen molar-refractivity contribution in [2.75, 3.05) is 25.4 Å². The van der Waals surface area contributed by atoms with Gasteiger partial charge in [-0.15, -0.1) is 0 Å². The van der Waals surface area contributed by atoms with Crippen LogP contribution in [0.2, 0.25) is 0 Å². The minimum Gasteiger partial charge on any atom is -0.373 e. The number of H-pyrrole nitrogens is 1. The van der Waals surface area contributed by atoms with Crippen LogP contribution in [0.25, 0.3) is 10.9 Å². The number of fused-ring (bicyclic) bond motifs is 1. The zero-order valence-electron chi connectivity index (χ0n) is 18.1. The van der Waals surface area contributed by atoms with Gasteiger partial charge in [-0.2, -0.15) is 4.31 Å². The molecule has 1 fully saturated rings. The molecule has 3 atom stereocenters. The Morgan fingerprint density at radius 3 is 2.58 bits per heavy atom. The molecule has 1 aliphatic heterocycles. The fourth-order valence-corrected chi connectivity index (χ4v) is 5.38. The van der Waals surface area contributed by atoms with Crippen LogP contribution in [0.4, 0.5) is 0 Å². The smallest absolute Gasteiger partial charge is 0.242 e. The van der Waals surface area contributed by atoms with Gasteiger partial charge in [0.2, 0.25) is 21.8 Å². The molecular weight excluding hydrogens is 420 g/mol. The molecule has 1 aliphatic rings. The van der Waals surface area contributed by atoms with Crippen molar-refractivity contribution in [2.45, 2.75) is 45.4 Å². The first kappa shape index (κ1) is 23.2. The summed E-state index contributed by atoms with van der Waals surface area (Å²) in [5, 5.41) is 6.31. The number of hydrogen-bond acceptors (Lipinski definition) is 5. The number of rotatable bonds is 8. The number of amides is 2. The molecule has 0 bridgehead atoms. The van der Waals surface area contributed by atoms with E-state index >= 15 is 0 Å². The Kier molecular flexibility index (Phi) is 7.34. The van der Waals surface area contributed by atoms with Gasteiger partial charge in [0.15, 0.2) is 0 Å². The molecule has 9 nitrogen and oxygen atoms in total. The number of aromatic nitrogens is 1. The van der Waals surface area contributed by atoms with Crippen LogP contribution in [0.1, 0.15) is 26.3 Å². The van der Waals surface area contributed by atoms with Crippen LogP contribution in [-0.2, 0) is 30.8 Å². The van der Waals surface area contributed by atoms with Crippen molar-refractivity contribution < 1.29 is 22.7 Å². The Balaban J connectivity index is 1.61. The van der Waals surface area contributed by atoms with Gasteiger partial charge in [-0.3, -0.25) is 9.59 Å². The molecule has 1 aromatic heterocycles. The fraction of sp³-hybridized carbons (Fsp3) is 0.524. The standard InChI is InChI=1S/C21H30N4O5S/c1-14-12-25(13-15(2)30-14)31(28,29)9-8-22-21(27)20(24-16(3)26)10-17-11-23-19-7-5-4-6-18(17)19/h4-7,11,14-15,20,23H,8-10,12-13H2,1-3H3,(H,22,27)(H,24,26). The van der Waals surface area contributed by atoms with E-state index in [-0.39, 0.29) is 30.4 Å². The predicted molar refractivity (Wildman–Crippen MR) is 118 cm³/mol. The van der Waals surface area contributed by atoms with Gasteiger partial charge in [-0.25, -0.2) is 8.42 Å². The molecule has 10 heteroatoms. The summed E-state index contributed by atoms with van der Waals surface area (Å²) in [6.45, 7) is 5.59. The molecule has 31 heavy (non-hydrogen) atoms. The SMILES string of the molecule is CC(=O)NC(Cc1c[nH]c2ccccc12)C(=O)NCCS(=O)(=O)N1CC(C)OC(C)C1. The van der Waals surface area contributed by atoms with Gasteiger partial charge in [0.1, 0.15) is 6.04 Å². The van der Waals surface area contributed by atoms with Crippen molar-refractivity contribution in [1.29, 1.82) is 0 Å². The average molecular weight is 451 g/mol. The van der Waals surface area contributed by atoms with Crippen LogP contribution in [0, 0.1) is 0 Å². The van der Waals surface area contributed by atoms with E-state index in [1.165, 1.54) is 11.2 Å². The van der Waals surface area contributed by atoms with Crippen LogP contribution < -0.4 is 10.6 Å². The van der Waals surface area contributed by atoms with E-state index in [9.17, 15) is 18.0 Å². The Morgan fingerprint density at radius 1 is 1.23 bits per heavy atom. The van der Waals surface area contributed by atoms with Crippen molar-refractivity contribution in [3.8, 4) is 0 Å². The molecule has 0 saturated carbocycles. The highest BCUT2D eigenvalue weighted by atomic mass is 32.2. The third-order valence-electron chi connectivity index (χ3n) is 5.23. The summed E-state index contributed by atoms with van der Waals surface area (Å²) in [5.74, 6) is -0.957. The summed E-state index contributed by atoms with van der Waals surface area (Å²) >= 11 is 0. The van der Waals surface area contributed by atoms with Crippen LogP contribution in [-0.4, -0.2) is 73.2 Å². The lowest BCUT2D eigenvalue weighted by atomic mass is 10.0. The van der Waals surface area contributed by atoms with E-state index < -0.39 is 22.0 Å². The minimum atomic E-state index is -3.53. The van der Waals surface area contributed by atoms with Crippen LogP contribution in [0.5, 0.6) is 0 Å². The number of carbonyl (C=O) groups excluding carboxylic acids is 2. The highest BCUT2D eigenvalue weighted by Gasteiger charge is 2.31. The van der Waals surface area contributed by atoms with Crippen LogP contribution >= 0.6 is 0 Å². The predicted octanol–water partition coefficient (Wildman–Crippen LogP) is 0.770. The average Bonchev–Trinajstić information content (AvgIpc) is 3.09. The van der Waals surface area contributed by atoms with Crippen LogP contribution in [0.3, 0.4) is 0 Å². The summed E-state index contributed by atoms with van der Waals surface area (Å²) in [5.41, 5.74) is 1.84. The van der Waals surface area contributed by atoms with Crippen molar-refractivity contribution in [3.05, 3.63) is 36.0 Å². The maximum absolute atomic E-state index is 12.7. The van der Waals surface area contributed by atoms with Gasteiger partial charge in [0, 0.05) is 50.1 Å².